The van der Waals surface area contributed by atoms with E-state index in [2.05, 4.69) is 67.5 Å². The van der Waals surface area contributed by atoms with Crippen LogP contribution in [0.25, 0.3) is 0 Å². The third kappa shape index (κ3) is 80.2. The van der Waals surface area contributed by atoms with Crippen molar-refractivity contribution < 1.29 is 0 Å². The van der Waals surface area contributed by atoms with Gasteiger partial charge in [-0.1, -0.05) is 106 Å². The summed E-state index contributed by atoms with van der Waals surface area (Å²) < 4.78 is 0. The van der Waals surface area contributed by atoms with Gasteiger partial charge in [0.05, 0.1) is 0 Å². The topological polar surface area (TPSA) is 3.24 Å². The highest BCUT2D eigenvalue weighted by Gasteiger charge is 1.79. The van der Waals surface area contributed by atoms with E-state index in [9.17, 15) is 0 Å². The zero-order chi connectivity index (χ0) is 17.4. The molecule has 134 valence electrons. The lowest BCUT2D eigenvalue weighted by Crippen LogP contribution is -2.11. The summed E-state index contributed by atoms with van der Waals surface area (Å²) in [5, 5.41) is 0. The molecule has 0 spiro atoms. The molecule has 0 N–H and O–H groups in total. The fourth-order valence-corrected chi connectivity index (χ4v) is 1.30. The second-order valence-electron chi connectivity index (χ2n) is 5.86. The lowest BCUT2D eigenvalue weighted by Gasteiger charge is -2.03. The number of hydrogen-bond acceptors (Lipinski definition) is 1. The second kappa shape index (κ2) is 36.8. The monoisotopic (exact) mass is 303 g/mol. The summed E-state index contributed by atoms with van der Waals surface area (Å²) in [6.45, 7) is 16.6. The minimum atomic E-state index is 1.21. The van der Waals surface area contributed by atoms with Gasteiger partial charge in [-0.15, -0.1) is 0 Å². The Bertz CT molecular complexity index is 102. The van der Waals surface area contributed by atoms with Crippen molar-refractivity contribution in [2.45, 2.75) is 113 Å². The standard InChI is InChI=1S/C6H14.C5H13N.C5H12.C4H10/c1-3-5-6-4-2;1-4-5-6(2)3;1-3-5-4-2;1-3-4-2/h3-6H2,1-2H3;4-5H2,1-3H3;3-5H2,1-2H3;3-4H2,1-2H3. The van der Waals surface area contributed by atoms with Gasteiger partial charge >= 0.3 is 0 Å². The van der Waals surface area contributed by atoms with Crippen molar-refractivity contribution in [1.29, 1.82) is 0 Å². The van der Waals surface area contributed by atoms with Crippen LogP contribution in [0.2, 0.25) is 0 Å². The SMILES string of the molecule is CCCC.CCCCC.CCCCCC.CCCN(C)C. The van der Waals surface area contributed by atoms with Crippen LogP contribution < -0.4 is 0 Å². The molecule has 0 atom stereocenters. The maximum atomic E-state index is 2.23. The molecule has 0 aliphatic heterocycles. The van der Waals surface area contributed by atoms with Gasteiger partial charge in [-0.3, -0.25) is 0 Å². The number of hydrogen-bond donors (Lipinski definition) is 0. The van der Waals surface area contributed by atoms with Crippen LogP contribution in [0.5, 0.6) is 0 Å². The van der Waals surface area contributed by atoms with Gasteiger partial charge in [0.25, 0.3) is 0 Å². The average molecular weight is 304 g/mol. The molecule has 0 heterocycles. The molecule has 0 unspecified atom stereocenters. The Labute approximate surface area is 138 Å². The van der Waals surface area contributed by atoms with Crippen molar-refractivity contribution in [3.8, 4) is 0 Å². The van der Waals surface area contributed by atoms with E-state index in [1.54, 1.807) is 0 Å². The van der Waals surface area contributed by atoms with Crippen LogP contribution in [0.3, 0.4) is 0 Å². The van der Waals surface area contributed by atoms with Crippen molar-refractivity contribution in [2.24, 2.45) is 0 Å². The molecular formula is C20H49N. The first-order chi connectivity index (χ1) is 10.0. The molecule has 0 bridgehead atoms. The molecule has 1 heteroatoms. The van der Waals surface area contributed by atoms with Gasteiger partial charge in [-0.05, 0) is 27.1 Å². The molecule has 0 amide bonds. The molecule has 0 saturated heterocycles. The first kappa shape index (κ1) is 29.0. The molecule has 0 saturated carbocycles. The van der Waals surface area contributed by atoms with E-state index in [4.69, 9.17) is 0 Å². The van der Waals surface area contributed by atoms with E-state index in [0.29, 0.717) is 0 Å². The van der Waals surface area contributed by atoms with Gasteiger partial charge in [0.15, 0.2) is 0 Å². The Morgan fingerprint density at radius 1 is 0.429 bits per heavy atom. The quantitative estimate of drug-likeness (QED) is 0.418. The molecule has 0 aromatic rings. The molecule has 1 nitrogen and oxygen atoms in total. The van der Waals surface area contributed by atoms with E-state index in [1.165, 1.54) is 70.8 Å². The first-order valence-corrected chi connectivity index (χ1v) is 9.66. The van der Waals surface area contributed by atoms with Crippen molar-refractivity contribution in [1.82, 2.24) is 4.90 Å². The van der Waals surface area contributed by atoms with Crippen LogP contribution in [0, 0.1) is 0 Å². The third-order valence-corrected chi connectivity index (χ3v) is 2.84. The van der Waals surface area contributed by atoms with Gasteiger partial charge in [0.2, 0.25) is 0 Å². The molecule has 0 fully saturated rings. The predicted molar refractivity (Wildman–Crippen MR) is 104 cm³/mol. The summed E-state index contributed by atoms with van der Waals surface area (Å²) in [6.07, 6.45) is 13.5. The normalized spacial score (nSPS) is 8.86. The molecule has 0 aromatic heterocycles. The van der Waals surface area contributed by atoms with Gasteiger partial charge in [0, 0.05) is 0 Å². The molecule has 0 aliphatic carbocycles. The third-order valence-electron chi connectivity index (χ3n) is 2.84. The highest BCUT2D eigenvalue weighted by molar-refractivity contribution is 4.34. The summed E-state index contributed by atoms with van der Waals surface area (Å²) >= 11 is 0. The summed E-state index contributed by atoms with van der Waals surface area (Å²) in [7, 11) is 4.17. The Kier molecular flexibility index (Phi) is 50.9. The lowest BCUT2D eigenvalue weighted by molar-refractivity contribution is 0.408. The van der Waals surface area contributed by atoms with Crippen LogP contribution >= 0.6 is 0 Å². The Hall–Kier alpha value is -0.0400. The largest absolute Gasteiger partial charge is 0.309 e. The minimum absolute atomic E-state index is 1.21. The van der Waals surface area contributed by atoms with Crippen molar-refractivity contribution in [2.75, 3.05) is 20.6 Å². The minimum Gasteiger partial charge on any atom is -0.309 e. The van der Waals surface area contributed by atoms with Crippen molar-refractivity contribution >= 4 is 0 Å². The van der Waals surface area contributed by atoms with Gasteiger partial charge in [0.1, 0.15) is 0 Å². The fraction of sp³-hybridized carbons (Fsp3) is 1.00. The fourth-order valence-electron chi connectivity index (χ4n) is 1.30. The van der Waals surface area contributed by atoms with E-state index < -0.39 is 0 Å². The zero-order valence-electron chi connectivity index (χ0n) is 17.2. The molecule has 21 heavy (non-hydrogen) atoms. The maximum Gasteiger partial charge on any atom is -0.00275 e. The molecule has 0 aromatic carbocycles. The lowest BCUT2D eigenvalue weighted by atomic mass is 10.2. The van der Waals surface area contributed by atoms with E-state index in [1.807, 2.05) is 0 Å². The molecule has 0 aliphatic rings. The second-order valence-corrected chi connectivity index (χ2v) is 5.86. The predicted octanol–water partition coefficient (Wildman–Crippen LogP) is 7.55. The van der Waals surface area contributed by atoms with Crippen molar-refractivity contribution in [3.63, 3.8) is 0 Å². The van der Waals surface area contributed by atoms with Crippen LogP contribution in [-0.2, 0) is 0 Å². The number of nitrogens with zero attached hydrogens (tertiary/aromatic N) is 1. The van der Waals surface area contributed by atoms with E-state index in [0.717, 1.165) is 0 Å². The highest BCUT2D eigenvalue weighted by Crippen LogP contribution is 1.95. The van der Waals surface area contributed by atoms with Crippen LogP contribution in [0.15, 0.2) is 0 Å². The zero-order valence-corrected chi connectivity index (χ0v) is 17.2. The first-order valence-electron chi connectivity index (χ1n) is 9.66. The maximum absolute atomic E-state index is 2.23. The number of unbranched alkanes of at least 4 members (excludes halogenated alkanes) is 6. The molecular weight excluding hydrogens is 254 g/mol. The Balaban J connectivity index is -0.0000000929. The highest BCUT2D eigenvalue weighted by atomic mass is 15.0. The summed E-state index contributed by atoms with van der Waals surface area (Å²) in [4.78, 5) is 2.18. The Morgan fingerprint density at radius 3 is 0.810 bits per heavy atom. The summed E-state index contributed by atoms with van der Waals surface area (Å²) in [5.74, 6) is 0. The Morgan fingerprint density at radius 2 is 0.762 bits per heavy atom. The van der Waals surface area contributed by atoms with Gasteiger partial charge < -0.3 is 4.90 Å². The van der Waals surface area contributed by atoms with Crippen molar-refractivity contribution in [3.05, 3.63) is 0 Å². The number of rotatable bonds is 8. The van der Waals surface area contributed by atoms with Crippen LogP contribution in [0.4, 0.5) is 0 Å². The van der Waals surface area contributed by atoms with Crippen LogP contribution in [0.1, 0.15) is 113 Å². The average Bonchev–Trinajstić information content (AvgIpc) is 2.47. The van der Waals surface area contributed by atoms with Gasteiger partial charge in [-0.25, -0.2) is 0 Å². The summed E-state index contributed by atoms with van der Waals surface area (Å²) in [6, 6.07) is 0. The van der Waals surface area contributed by atoms with E-state index >= 15 is 0 Å². The summed E-state index contributed by atoms with van der Waals surface area (Å²) in [5.41, 5.74) is 0. The van der Waals surface area contributed by atoms with Crippen LogP contribution in [-0.4, -0.2) is 25.5 Å². The molecule has 0 rings (SSSR count). The molecule has 0 radical (unpaired) electrons. The van der Waals surface area contributed by atoms with E-state index in [-0.39, 0.29) is 0 Å². The smallest absolute Gasteiger partial charge is 0.00275 e. The van der Waals surface area contributed by atoms with Gasteiger partial charge in [-0.2, -0.15) is 0 Å².